The number of carboxylic acid groups (broad SMARTS) is 3. The molecule has 24 heteroatoms. The van der Waals surface area contributed by atoms with Gasteiger partial charge in [-0.25, -0.2) is 15.3 Å². The molecule has 0 saturated carbocycles. The first kappa shape index (κ1) is 47.6. The average Bonchev–Trinajstić information content (AvgIpc) is 3.08. The van der Waals surface area contributed by atoms with Crippen LogP contribution in [0.2, 0.25) is 0 Å². The highest BCUT2D eigenvalue weighted by Crippen LogP contribution is 2.75. The minimum absolute atomic E-state index is 0.00864. The number of nitrogens with one attached hydrogen (secondary N) is 3. The van der Waals surface area contributed by atoms with Crippen molar-refractivity contribution in [3.8, 4) is 0 Å². The van der Waals surface area contributed by atoms with Crippen LogP contribution in [0.25, 0.3) is 0 Å². The van der Waals surface area contributed by atoms with Gasteiger partial charge in [0.25, 0.3) is 22.7 Å². The molecule has 1 aliphatic heterocycles. The molecule has 0 atom stereocenters. The lowest BCUT2D eigenvalue weighted by molar-refractivity contribution is -0.138. The topological polar surface area (TPSA) is 268 Å². The summed E-state index contributed by atoms with van der Waals surface area (Å²) in [6, 6.07) is 0. The standard InChI is InChI=1S/C27H57N6O15P3/c1-40-13-16-43-19-22-46-49(28-10-4-7-25(34)35)31-50(29-11-5-8-26(36)37,47-23-20-44-17-14-41-2)33-51(32-49,30-12-6-9-27(38)39)48-24-21-45-18-15-42-3/h28-30H,4-24H2,1-3H3,(H,34,35)(H,36,37)(H,38,39). The van der Waals surface area contributed by atoms with E-state index in [4.69, 9.17) is 55.5 Å². The van der Waals surface area contributed by atoms with Crippen LogP contribution in [0.3, 0.4) is 0 Å². The zero-order valence-corrected chi connectivity index (χ0v) is 32.5. The largest absolute Gasteiger partial charge is 0.481 e. The Kier molecular flexibility index (Phi) is 27.1. The molecule has 0 amide bonds. The molecule has 21 nitrogen and oxygen atoms in total. The summed E-state index contributed by atoms with van der Waals surface area (Å²) in [7, 11) is -5.98. The van der Waals surface area contributed by atoms with Crippen LogP contribution in [0.1, 0.15) is 38.5 Å². The van der Waals surface area contributed by atoms with E-state index < -0.39 is 40.7 Å². The highest BCUT2D eigenvalue weighted by molar-refractivity contribution is 7.81. The van der Waals surface area contributed by atoms with Gasteiger partial charge in [-0.3, -0.25) is 14.4 Å². The Balaban J connectivity index is 3.78. The average molecular weight is 799 g/mol. The van der Waals surface area contributed by atoms with Crippen molar-refractivity contribution in [2.75, 3.05) is 120 Å². The number of hydrogen-bond donors (Lipinski definition) is 6. The Labute approximate surface area is 299 Å². The van der Waals surface area contributed by atoms with Crippen molar-refractivity contribution in [1.29, 1.82) is 0 Å². The highest BCUT2D eigenvalue weighted by Gasteiger charge is 2.40. The van der Waals surface area contributed by atoms with Crippen LogP contribution in [-0.2, 0) is 56.4 Å². The van der Waals surface area contributed by atoms with Gasteiger partial charge in [0, 0.05) is 60.2 Å². The Morgan fingerprint density at radius 2 is 0.706 bits per heavy atom. The molecular formula is C27H57N6O15P3. The number of rotatable bonds is 36. The lowest BCUT2D eigenvalue weighted by Gasteiger charge is -2.35. The predicted molar refractivity (Wildman–Crippen MR) is 189 cm³/mol. The van der Waals surface area contributed by atoms with Crippen molar-refractivity contribution >= 4 is 40.7 Å². The van der Waals surface area contributed by atoms with Crippen molar-refractivity contribution in [3.63, 3.8) is 0 Å². The SMILES string of the molecule is COCCOCCOP1(NCCCC(=O)O)=NP(NCCCC(=O)O)(OCCOCCOC)=NP(NCCCC(=O)O)(OCCOCCOC)=N1. The number of methoxy groups -OCH3 is 3. The minimum Gasteiger partial charge on any atom is -0.481 e. The Morgan fingerprint density at radius 3 is 0.941 bits per heavy atom. The molecule has 0 radical (unpaired) electrons. The molecule has 0 aliphatic carbocycles. The molecule has 0 aromatic heterocycles. The van der Waals surface area contributed by atoms with Gasteiger partial charge in [0.05, 0.1) is 79.3 Å². The van der Waals surface area contributed by atoms with Gasteiger partial charge in [0.15, 0.2) is 0 Å². The third-order valence-corrected chi connectivity index (χ3v) is 15.5. The predicted octanol–water partition coefficient (Wildman–Crippen LogP) is 3.24. The summed E-state index contributed by atoms with van der Waals surface area (Å²) < 4.78 is 66.2. The zero-order chi connectivity index (χ0) is 37.7. The molecule has 1 aliphatic rings. The molecule has 0 fully saturated rings. The molecule has 6 N–H and O–H groups in total. The van der Waals surface area contributed by atoms with Gasteiger partial charge in [0.2, 0.25) is 0 Å². The van der Waals surface area contributed by atoms with Gasteiger partial charge >= 0.3 is 17.9 Å². The van der Waals surface area contributed by atoms with E-state index >= 15 is 0 Å². The van der Waals surface area contributed by atoms with Gasteiger partial charge in [-0.15, -0.1) is 0 Å². The fourth-order valence-electron chi connectivity index (χ4n) is 3.82. The molecule has 0 aromatic carbocycles. The molecule has 0 saturated heterocycles. The molecule has 0 spiro atoms. The van der Waals surface area contributed by atoms with Crippen LogP contribution >= 0.6 is 22.7 Å². The van der Waals surface area contributed by atoms with Crippen LogP contribution in [0.4, 0.5) is 0 Å². The van der Waals surface area contributed by atoms with Crippen LogP contribution in [-0.4, -0.2) is 153 Å². The molecule has 300 valence electrons. The van der Waals surface area contributed by atoms with Crippen molar-refractivity contribution in [2.24, 2.45) is 13.5 Å². The van der Waals surface area contributed by atoms with Crippen LogP contribution in [0.15, 0.2) is 13.5 Å². The van der Waals surface area contributed by atoms with Gasteiger partial charge in [-0.2, -0.15) is 13.5 Å². The van der Waals surface area contributed by atoms with E-state index in [1.165, 1.54) is 0 Å². The van der Waals surface area contributed by atoms with Gasteiger partial charge in [-0.05, 0) is 19.3 Å². The third kappa shape index (κ3) is 23.1. The lowest BCUT2D eigenvalue weighted by atomic mass is 10.3. The summed E-state index contributed by atoms with van der Waals surface area (Å²) in [5.41, 5.74) is 0. The van der Waals surface area contributed by atoms with Crippen molar-refractivity contribution < 1.29 is 71.7 Å². The van der Waals surface area contributed by atoms with E-state index in [2.05, 4.69) is 15.3 Å². The zero-order valence-electron chi connectivity index (χ0n) is 29.8. The summed E-state index contributed by atoms with van der Waals surface area (Å²) in [6.45, 7) is 2.88. The fraction of sp³-hybridized carbons (Fsp3) is 0.889. The molecular weight excluding hydrogens is 741 g/mol. The Hall–Kier alpha value is -1.38. The summed E-state index contributed by atoms with van der Waals surface area (Å²) in [6.07, 6.45) is 0.232. The highest BCUT2D eigenvalue weighted by atomic mass is 31.3. The minimum atomic E-state index is -3.55. The number of aliphatic carboxylic acids is 3. The van der Waals surface area contributed by atoms with E-state index in [1.54, 1.807) is 21.3 Å². The monoisotopic (exact) mass is 798 g/mol. The number of nitrogens with zero attached hydrogens (tertiary/aromatic N) is 3. The number of hydrogen-bond acceptors (Lipinski definition) is 18. The van der Waals surface area contributed by atoms with Crippen LogP contribution in [0, 0.1) is 0 Å². The summed E-state index contributed by atoms with van der Waals surface area (Å²) in [5.74, 6) is -2.95. The van der Waals surface area contributed by atoms with Crippen molar-refractivity contribution in [2.45, 2.75) is 38.5 Å². The normalized spacial score (nSPS) is 21.5. The van der Waals surface area contributed by atoms with E-state index in [9.17, 15) is 29.7 Å². The third-order valence-electron chi connectivity index (χ3n) is 6.18. The second-order valence-electron chi connectivity index (χ2n) is 10.4. The Morgan fingerprint density at radius 1 is 0.451 bits per heavy atom. The van der Waals surface area contributed by atoms with Gasteiger partial charge in [0.1, 0.15) is 0 Å². The smallest absolute Gasteiger partial charge is 0.303 e. The van der Waals surface area contributed by atoms with Gasteiger partial charge < -0.3 is 57.3 Å². The quantitative estimate of drug-likeness (QED) is 0.0392. The summed E-state index contributed by atoms with van der Waals surface area (Å²) in [5, 5.41) is 37.6. The lowest BCUT2D eigenvalue weighted by Crippen LogP contribution is -2.24. The number of carboxylic acids is 3. The van der Waals surface area contributed by atoms with E-state index in [1.807, 2.05) is 0 Å². The first-order chi connectivity index (χ1) is 24.6. The van der Waals surface area contributed by atoms with Crippen molar-refractivity contribution in [1.82, 2.24) is 15.3 Å². The summed E-state index contributed by atoms with van der Waals surface area (Å²) >= 11 is 0. The van der Waals surface area contributed by atoms with E-state index in [-0.39, 0.29) is 97.8 Å². The number of ether oxygens (including phenoxy) is 6. The molecule has 0 bridgehead atoms. The maximum absolute atomic E-state index is 11.3. The molecule has 0 unspecified atom stereocenters. The maximum Gasteiger partial charge on any atom is 0.303 e. The molecule has 51 heavy (non-hydrogen) atoms. The molecule has 1 rings (SSSR count). The van der Waals surface area contributed by atoms with Gasteiger partial charge in [-0.1, -0.05) is 0 Å². The van der Waals surface area contributed by atoms with E-state index in [0.29, 0.717) is 39.6 Å². The van der Waals surface area contributed by atoms with Crippen molar-refractivity contribution in [3.05, 3.63) is 0 Å². The van der Waals surface area contributed by atoms with Crippen LogP contribution < -0.4 is 15.3 Å². The maximum atomic E-state index is 11.3. The molecule has 0 aromatic rings. The second kappa shape index (κ2) is 29.0. The molecule has 1 heterocycles. The Bertz CT molecular complexity index is 1010. The first-order valence-electron chi connectivity index (χ1n) is 16.5. The van der Waals surface area contributed by atoms with Crippen LogP contribution in [0.5, 0.6) is 0 Å². The fourth-order valence-corrected chi connectivity index (χ4v) is 14.5. The van der Waals surface area contributed by atoms with E-state index in [0.717, 1.165) is 0 Å². The second-order valence-corrected chi connectivity index (χ2v) is 17.6. The number of carbonyl (C=O) groups is 3. The summed E-state index contributed by atoms with van der Waals surface area (Å²) in [4.78, 5) is 34.0. The first-order valence-corrected chi connectivity index (χ1v) is 21.3.